The predicted molar refractivity (Wildman–Crippen MR) is 145 cm³/mol. The van der Waals surface area contributed by atoms with E-state index in [0.29, 0.717) is 24.1 Å². The molecule has 4 heterocycles. The molecule has 1 saturated carbocycles. The molecular formula is C29H27N3O5S. The van der Waals surface area contributed by atoms with Gasteiger partial charge in [0.1, 0.15) is 17.8 Å². The molecule has 1 fully saturated rings. The molecule has 0 unspecified atom stereocenters. The van der Waals surface area contributed by atoms with Crippen LogP contribution in [-0.4, -0.2) is 38.2 Å². The topological polar surface area (TPSA) is 102 Å². The Balaban J connectivity index is 1.31. The highest BCUT2D eigenvalue weighted by Crippen LogP contribution is 2.43. The molecule has 0 atom stereocenters. The minimum atomic E-state index is -1.23. The number of carboxylic acids is 1. The lowest BCUT2D eigenvalue weighted by Gasteiger charge is -2.37. The zero-order valence-electron chi connectivity index (χ0n) is 21.1. The van der Waals surface area contributed by atoms with Crippen LogP contribution in [0.2, 0.25) is 0 Å². The van der Waals surface area contributed by atoms with Crippen LogP contribution in [0.3, 0.4) is 0 Å². The second kappa shape index (κ2) is 9.09. The number of nitrogens with zero attached hydrogens (tertiary/aromatic N) is 3. The number of carbonyl (C=O) groups is 2. The van der Waals surface area contributed by atoms with Crippen molar-refractivity contribution in [2.24, 2.45) is 0 Å². The van der Waals surface area contributed by atoms with E-state index in [2.05, 4.69) is 19.9 Å². The fraction of sp³-hybridized carbons (Fsp3) is 0.310. The number of carbonyl (C=O) groups excluding carboxylic acids is 1. The van der Waals surface area contributed by atoms with Gasteiger partial charge in [-0.05, 0) is 42.2 Å². The van der Waals surface area contributed by atoms with Crippen LogP contribution in [0.4, 0.5) is 4.79 Å². The van der Waals surface area contributed by atoms with Gasteiger partial charge in [0.05, 0.1) is 22.5 Å². The summed E-state index contributed by atoms with van der Waals surface area (Å²) in [6, 6.07) is 15.3. The summed E-state index contributed by atoms with van der Waals surface area (Å²) in [6.07, 6.45) is 2.95. The molecule has 1 aliphatic heterocycles. The molecule has 4 aromatic rings. The number of hydrogen-bond donors (Lipinski definition) is 1. The number of amides is 1. The molecule has 0 spiro atoms. The zero-order valence-corrected chi connectivity index (χ0v) is 22.0. The maximum absolute atomic E-state index is 12.9. The van der Waals surface area contributed by atoms with Crippen LogP contribution in [0.15, 0.2) is 59.5 Å². The van der Waals surface area contributed by atoms with Crippen LogP contribution in [0.1, 0.15) is 59.1 Å². The number of hydrogen-bond acceptors (Lipinski definition) is 6. The van der Waals surface area contributed by atoms with E-state index in [-0.39, 0.29) is 29.7 Å². The Bertz CT molecular complexity index is 1640. The fourth-order valence-corrected chi connectivity index (χ4v) is 6.38. The summed E-state index contributed by atoms with van der Waals surface area (Å²) in [5.74, 6) is -1.23. The molecule has 1 amide bonds. The summed E-state index contributed by atoms with van der Waals surface area (Å²) < 4.78 is 7.44. The summed E-state index contributed by atoms with van der Waals surface area (Å²) >= 11 is 1.65. The van der Waals surface area contributed by atoms with Crippen molar-refractivity contribution in [2.45, 2.75) is 51.3 Å². The van der Waals surface area contributed by atoms with Gasteiger partial charge in [-0.25, -0.2) is 14.6 Å². The first kappa shape index (κ1) is 24.4. The number of aromatic nitrogens is 2. The number of rotatable bonds is 5. The van der Waals surface area contributed by atoms with E-state index >= 15 is 0 Å². The smallest absolute Gasteiger partial charge is 0.410 e. The summed E-state index contributed by atoms with van der Waals surface area (Å²) in [7, 11) is 0. The van der Waals surface area contributed by atoms with Crippen molar-refractivity contribution >= 4 is 34.4 Å². The molecule has 3 aromatic heterocycles. The Morgan fingerprint density at radius 3 is 2.63 bits per heavy atom. The van der Waals surface area contributed by atoms with Crippen molar-refractivity contribution in [1.29, 1.82) is 0 Å². The number of pyridine rings is 2. The Labute approximate surface area is 223 Å². The van der Waals surface area contributed by atoms with Crippen LogP contribution in [0, 0.1) is 0 Å². The van der Waals surface area contributed by atoms with Crippen molar-refractivity contribution in [3.05, 3.63) is 86.5 Å². The molecule has 38 heavy (non-hydrogen) atoms. The molecule has 6 rings (SSSR count). The average molecular weight is 530 g/mol. The summed E-state index contributed by atoms with van der Waals surface area (Å²) in [6.45, 7) is 5.46. The molecule has 8 nitrogen and oxygen atoms in total. The lowest BCUT2D eigenvalue weighted by molar-refractivity contribution is 0.0694. The van der Waals surface area contributed by atoms with Crippen LogP contribution >= 0.6 is 11.3 Å². The molecule has 1 aliphatic carbocycles. The number of benzene rings is 1. The largest absolute Gasteiger partial charge is 0.477 e. The van der Waals surface area contributed by atoms with E-state index < -0.39 is 11.4 Å². The van der Waals surface area contributed by atoms with Crippen molar-refractivity contribution in [3.8, 4) is 10.6 Å². The second-order valence-corrected chi connectivity index (χ2v) is 11.7. The van der Waals surface area contributed by atoms with Crippen molar-refractivity contribution in [3.63, 3.8) is 0 Å². The molecular weight excluding hydrogens is 502 g/mol. The van der Waals surface area contributed by atoms with E-state index in [1.165, 1.54) is 11.1 Å². The first-order chi connectivity index (χ1) is 18.2. The molecule has 0 bridgehead atoms. The normalized spacial score (nSPS) is 16.3. The maximum atomic E-state index is 12.9. The Kier molecular flexibility index (Phi) is 5.83. The highest BCUT2D eigenvalue weighted by molar-refractivity contribution is 7.15. The van der Waals surface area contributed by atoms with Crippen LogP contribution in [-0.2, 0) is 23.3 Å². The molecule has 0 saturated heterocycles. The highest BCUT2D eigenvalue weighted by atomic mass is 32.1. The number of aromatic carboxylic acids is 1. The Hall–Kier alpha value is -3.98. The third-order valence-electron chi connectivity index (χ3n) is 7.13. The van der Waals surface area contributed by atoms with Gasteiger partial charge in [0.15, 0.2) is 0 Å². The van der Waals surface area contributed by atoms with Gasteiger partial charge in [-0.2, -0.15) is 0 Å². The minimum Gasteiger partial charge on any atom is -0.477 e. The first-order valence-electron chi connectivity index (χ1n) is 12.6. The highest BCUT2D eigenvalue weighted by Gasteiger charge is 2.37. The standard InChI is InChI=1S/C29H27N3O5S/c1-29(2)16-31(28(36)37-15-17-6-4-3-5-7-17)13-18-12-23(38-25(18)29)22-11-10-20-24(33)21(27(34)35)14-32(19-8-9-19)26(20)30-22/h3-7,10-12,14,19H,8-9,13,15-16H2,1-2H3,(H,34,35). The van der Waals surface area contributed by atoms with Gasteiger partial charge >= 0.3 is 12.1 Å². The van der Waals surface area contributed by atoms with Crippen LogP contribution in [0.25, 0.3) is 21.6 Å². The Morgan fingerprint density at radius 1 is 1.16 bits per heavy atom. The van der Waals surface area contributed by atoms with Crippen molar-refractivity contribution in [1.82, 2.24) is 14.5 Å². The average Bonchev–Trinajstić information content (AvgIpc) is 3.64. The van der Waals surface area contributed by atoms with E-state index in [1.807, 2.05) is 34.9 Å². The third-order valence-corrected chi connectivity index (χ3v) is 8.70. The SMILES string of the molecule is CC1(C)CN(C(=O)OCc2ccccc2)Cc2cc(-c3ccc4c(=O)c(C(=O)O)cn(C5CC5)c4n3)sc21. The molecule has 0 radical (unpaired) electrons. The molecule has 1 aromatic carbocycles. The summed E-state index contributed by atoms with van der Waals surface area (Å²) in [4.78, 5) is 46.1. The number of carboxylic acid groups (broad SMARTS) is 1. The molecule has 1 N–H and O–H groups in total. The quantitative estimate of drug-likeness (QED) is 0.362. The molecule has 9 heteroatoms. The van der Waals surface area contributed by atoms with Crippen molar-refractivity contribution in [2.75, 3.05) is 6.54 Å². The lowest BCUT2D eigenvalue weighted by atomic mass is 9.85. The summed E-state index contributed by atoms with van der Waals surface area (Å²) in [5.41, 5.74) is 2.22. The van der Waals surface area contributed by atoms with Crippen LogP contribution in [0.5, 0.6) is 0 Å². The van der Waals surface area contributed by atoms with Gasteiger partial charge in [-0.3, -0.25) is 4.79 Å². The van der Waals surface area contributed by atoms with Gasteiger partial charge < -0.3 is 19.3 Å². The minimum absolute atomic E-state index is 0.157. The number of ether oxygens (including phenoxy) is 1. The van der Waals surface area contributed by atoms with Gasteiger partial charge in [0.25, 0.3) is 0 Å². The second-order valence-electron chi connectivity index (χ2n) is 10.6. The zero-order chi connectivity index (χ0) is 26.6. The van der Waals surface area contributed by atoms with Gasteiger partial charge in [-0.1, -0.05) is 44.2 Å². The van der Waals surface area contributed by atoms with E-state index in [9.17, 15) is 19.5 Å². The van der Waals surface area contributed by atoms with Gasteiger partial charge in [0.2, 0.25) is 5.43 Å². The summed E-state index contributed by atoms with van der Waals surface area (Å²) in [5, 5.41) is 9.82. The van der Waals surface area contributed by atoms with Gasteiger partial charge in [0, 0.05) is 29.1 Å². The van der Waals surface area contributed by atoms with E-state index in [1.54, 1.807) is 28.4 Å². The van der Waals surface area contributed by atoms with Gasteiger partial charge in [-0.15, -0.1) is 11.3 Å². The third kappa shape index (κ3) is 4.36. The van der Waals surface area contributed by atoms with E-state index in [0.717, 1.165) is 34.5 Å². The maximum Gasteiger partial charge on any atom is 0.410 e. The first-order valence-corrected chi connectivity index (χ1v) is 13.4. The van der Waals surface area contributed by atoms with Crippen LogP contribution < -0.4 is 5.43 Å². The molecule has 194 valence electrons. The number of fused-ring (bicyclic) bond motifs is 2. The predicted octanol–water partition coefficient (Wildman–Crippen LogP) is 5.59. The molecule has 2 aliphatic rings. The van der Waals surface area contributed by atoms with Crippen molar-refractivity contribution < 1.29 is 19.4 Å². The Morgan fingerprint density at radius 2 is 1.92 bits per heavy atom. The van der Waals surface area contributed by atoms with E-state index in [4.69, 9.17) is 9.72 Å². The monoisotopic (exact) mass is 529 g/mol. The lowest BCUT2D eigenvalue weighted by Crippen LogP contribution is -2.44. The fourth-order valence-electron chi connectivity index (χ4n) is 5.14. The number of thiophene rings is 1.